The Hall–Kier alpha value is -0.350. The molecule has 0 saturated heterocycles. The molecule has 1 aliphatic rings. The van der Waals surface area contributed by atoms with Crippen molar-refractivity contribution >= 4 is 0 Å². The van der Waals surface area contributed by atoms with Gasteiger partial charge in [0.25, 0.3) is 0 Å². The second-order valence-electron chi connectivity index (χ2n) is 2.54. The molecule has 8 heavy (non-hydrogen) atoms. The molecule has 1 aliphatic carbocycles. The molecule has 0 amide bonds. The summed E-state index contributed by atoms with van der Waals surface area (Å²) in [5.41, 5.74) is 0. The molecule has 0 heterocycles. The summed E-state index contributed by atoms with van der Waals surface area (Å²) in [5.74, 6) is 0.726. The molecule has 1 rings (SSSR count). The van der Waals surface area contributed by atoms with Gasteiger partial charge in [0, 0.05) is 12.8 Å². The lowest BCUT2D eigenvalue weighted by Crippen LogP contribution is -2.02. The van der Waals surface area contributed by atoms with Crippen LogP contribution in [0.15, 0.2) is 6.58 Å². The number of allylic oxidation sites excluding steroid dienone is 1. The topological polar surface area (TPSA) is 0 Å². The van der Waals surface area contributed by atoms with Crippen molar-refractivity contribution < 1.29 is 0 Å². The first-order chi connectivity index (χ1) is 3.93. The molecule has 0 bridgehead atoms. The zero-order valence-electron chi connectivity index (χ0n) is 5.32. The molecule has 0 aromatic heterocycles. The molecule has 0 aliphatic heterocycles. The summed E-state index contributed by atoms with van der Waals surface area (Å²) >= 11 is 0. The summed E-state index contributed by atoms with van der Waals surface area (Å²) < 4.78 is 0. The number of hydrogen-bond donors (Lipinski definition) is 0. The van der Waals surface area contributed by atoms with Crippen LogP contribution in [0, 0.1) is 12.0 Å². The minimum Gasteiger partial charge on any atom is -0.0529 e. The Kier molecular flexibility index (Phi) is 2.05. The van der Waals surface area contributed by atoms with Crippen molar-refractivity contribution in [1.82, 2.24) is 0 Å². The molecule has 0 radical (unpaired) electrons. The fraction of sp³-hybridized carbons (Fsp3) is 0.750. The van der Waals surface area contributed by atoms with E-state index >= 15 is 0 Å². The highest BCUT2D eigenvalue weighted by Crippen LogP contribution is 2.23. The van der Waals surface area contributed by atoms with Gasteiger partial charge in [0.2, 0.25) is 6.08 Å². The lowest BCUT2D eigenvalue weighted by atomic mass is 9.90. The van der Waals surface area contributed by atoms with E-state index in [4.69, 9.17) is 0 Å². The third kappa shape index (κ3) is 1.31. The van der Waals surface area contributed by atoms with Gasteiger partial charge in [0.15, 0.2) is 5.92 Å². The van der Waals surface area contributed by atoms with Crippen molar-refractivity contribution in [2.45, 2.75) is 32.1 Å². The largest absolute Gasteiger partial charge is 0.217 e. The van der Waals surface area contributed by atoms with Gasteiger partial charge in [-0.3, -0.25) is 0 Å². The standard InChI is InChI=1S/C8H13/c1-2-8-6-4-3-5-7-8/h8H,1,3-7H2/q+1. The van der Waals surface area contributed by atoms with Crippen LogP contribution in [0.5, 0.6) is 0 Å². The third-order valence-electron chi connectivity index (χ3n) is 1.89. The minimum absolute atomic E-state index is 0.726. The smallest absolute Gasteiger partial charge is 0.0529 e. The molecule has 0 spiro atoms. The summed E-state index contributed by atoms with van der Waals surface area (Å²) in [6, 6.07) is 0. The van der Waals surface area contributed by atoms with Crippen LogP contribution < -0.4 is 0 Å². The normalized spacial score (nSPS) is 22.5. The SMILES string of the molecule is C=[C+]C1CCCCC1. The molecule has 0 unspecified atom stereocenters. The summed E-state index contributed by atoms with van der Waals surface area (Å²) in [6.07, 6.45) is 9.95. The van der Waals surface area contributed by atoms with Gasteiger partial charge in [-0.25, -0.2) is 0 Å². The fourth-order valence-corrected chi connectivity index (χ4v) is 1.31. The van der Waals surface area contributed by atoms with Crippen LogP contribution in [0.1, 0.15) is 32.1 Å². The molecule has 0 heteroatoms. The molecule has 0 N–H and O–H groups in total. The van der Waals surface area contributed by atoms with E-state index in [0.717, 1.165) is 5.92 Å². The average molecular weight is 109 g/mol. The Balaban J connectivity index is 2.22. The van der Waals surface area contributed by atoms with E-state index in [9.17, 15) is 0 Å². The van der Waals surface area contributed by atoms with Crippen molar-refractivity contribution in [2.75, 3.05) is 0 Å². The van der Waals surface area contributed by atoms with Crippen LogP contribution in [0.3, 0.4) is 0 Å². The maximum Gasteiger partial charge on any atom is 0.217 e. The quantitative estimate of drug-likeness (QED) is 0.454. The van der Waals surface area contributed by atoms with Crippen LogP contribution in [0.4, 0.5) is 0 Å². The highest BCUT2D eigenvalue weighted by molar-refractivity contribution is 4.73. The van der Waals surface area contributed by atoms with Gasteiger partial charge in [-0.15, -0.1) is 0 Å². The molecule has 1 saturated carbocycles. The zero-order valence-corrected chi connectivity index (χ0v) is 5.32. The summed E-state index contributed by atoms with van der Waals surface area (Å²) in [7, 11) is 0. The van der Waals surface area contributed by atoms with Gasteiger partial charge in [-0.2, -0.15) is 0 Å². The zero-order chi connectivity index (χ0) is 5.82. The van der Waals surface area contributed by atoms with Gasteiger partial charge >= 0.3 is 0 Å². The summed E-state index contributed by atoms with van der Waals surface area (Å²) in [5, 5.41) is 0. The maximum atomic E-state index is 3.66. The molecule has 0 nitrogen and oxygen atoms in total. The highest BCUT2D eigenvalue weighted by atomic mass is 14.1. The maximum absolute atomic E-state index is 3.66. The molecular formula is C8H13+. The van der Waals surface area contributed by atoms with Gasteiger partial charge in [0.1, 0.15) is 6.58 Å². The Morgan fingerprint density at radius 3 is 2.12 bits per heavy atom. The van der Waals surface area contributed by atoms with Gasteiger partial charge in [-0.1, -0.05) is 6.42 Å². The summed E-state index contributed by atoms with van der Waals surface area (Å²) in [4.78, 5) is 0. The lowest BCUT2D eigenvalue weighted by molar-refractivity contribution is 0.411. The fourth-order valence-electron chi connectivity index (χ4n) is 1.31. The van der Waals surface area contributed by atoms with Gasteiger partial charge in [-0.05, 0) is 12.8 Å². The van der Waals surface area contributed by atoms with E-state index in [2.05, 4.69) is 12.7 Å². The van der Waals surface area contributed by atoms with E-state index in [1.54, 1.807) is 0 Å². The minimum atomic E-state index is 0.726. The van der Waals surface area contributed by atoms with Crippen molar-refractivity contribution in [1.29, 1.82) is 0 Å². The van der Waals surface area contributed by atoms with Crippen LogP contribution in [-0.4, -0.2) is 0 Å². The predicted octanol–water partition coefficient (Wildman–Crippen LogP) is 2.56. The van der Waals surface area contributed by atoms with Crippen LogP contribution in [-0.2, 0) is 0 Å². The molecule has 44 valence electrons. The first-order valence-electron chi connectivity index (χ1n) is 3.46. The lowest BCUT2D eigenvalue weighted by Gasteiger charge is -2.08. The van der Waals surface area contributed by atoms with E-state index in [-0.39, 0.29) is 0 Å². The van der Waals surface area contributed by atoms with E-state index in [0.29, 0.717) is 0 Å². The molecule has 0 aromatic carbocycles. The second kappa shape index (κ2) is 2.84. The van der Waals surface area contributed by atoms with E-state index in [1.165, 1.54) is 32.1 Å². The van der Waals surface area contributed by atoms with Crippen molar-refractivity contribution in [3.05, 3.63) is 12.7 Å². The highest BCUT2D eigenvalue weighted by Gasteiger charge is 2.18. The monoisotopic (exact) mass is 109 g/mol. The van der Waals surface area contributed by atoms with E-state index in [1.807, 2.05) is 0 Å². The third-order valence-corrected chi connectivity index (χ3v) is 1.89. The Bertz CT molecular complexity index is 68.1. The Morgan fingerprint density at radius 1 is 1.12 bits per heavy atom. The molecule has 0 atom stereocenters. The Labute approximate surface area is 51.6 Å². The Morgan fingerprint density at radius 2 is 1.75 bits per heavy atom. The van der Waals surface area contributed by atoms with Crippen LogP contribution in [0.25, 0.3) is 0 Å². The number of rotatable bonds is 1. The van der Waals surface area contributed by atoms with E-state index < -0.39 is 0 Å². The van der Waals surface area contributed by atoms with Crippen LogP contribution in [0.2, 0.25) is 0 Å². The van der Waals surface area contributed by atoms with Gasteiger partial charge in [0.05, 0.1) is 0 Å². The number of hydrogen-bond acceptors (Lipinski definition) is 0. The second-order valence-corrected chi connectivity index (χ2v) is 2.54. The van der Waals surface area contributed by atoms with Crippen molar-refractivity contribution in [3.63, 3.8) is 0 Å². The average Bonchev–Trinajstić information content (AvgIpc) is 1.90. The van der Waals surface area contributed by atoms with Gasteiger partial charge < -0.3 is 0 Å². The molecule has 0 aromatic rings. The first kappa shape index (κ1) is 5.78. The van der Waals surface area contributed by atoms with Crippen molar-refractivity contribution in [3.8, 4) is 0 Å². The van der Waals surface area contributed by atoms with Crippen molar-refractivity contribution in [2.24, 2.45) is 5.92 Å². The summed E-state index contributed by atoms with van der Waals surface area (Å²) in [6.45, 7) is 3.66. The molecule has 1 fully saturated rings. The van der Waals surface area contributed by atoms with Crippen LogP contribution >= 0.6 is 0 Å². The first-order valence-corrected chi connectivity index (χ1v) is 3.46. The predicted molar refractivity (Wildman–Crippen MR) is 35.4 cm³/mol. The molecular weight excluding hydrogens is 96.1 g/mol.